The third-order valence-electron chi connectivity index (χ3n) is 2.71. The van der Waals surface area contributed by atoms with Gasteiger partial charge in [-0.25, -0.2) is 5.43 Å². The SMILES string of the molecule is COc1ccccc1C=NNC(=O)c1ccccc1N. The number of amides is 1. The van der Waals surface area contributed by atoms with E-state index in [-0.39, 0.29) is 5.91 Å². The van der Waals surface area contributed by atoms with Crippen molar-refractivity contribution < 1.29 is 9.53 Å². The quantitative estimate of drug-likeness (QED) is 0.506. The first-order chi connectivity index (χ1) is 9.72. The number of nitrogens with one attached hydrogen (secondary N) is 1. The number of anilines is 1. The molecule has 0 aliphatic heterocycles. The Hall–Kier alpha value is -2.82. The van der Waals surface area contributed by atoms with Crippen LogP contribution in [0.4, 0.5) is 5.69 Å². The maximum Gasteiger partial charge on any atom is 0.273 e. The fourth-order valence-electron chi connectivity index (χ4n) is 1.70. The highest BCUT2D eigenvalue weighted by Crippen LogP contribution is 2.14. The number of nitrogens with zero attached hydrogens (tertiary/aromatic N) is 1. The van der Waals surface area contributed by atoms with Gasteiger partial charge in [-0.15, -0.1) is 0 Å². The predicted molar refractivity (Wildman–Crippen MR) is 78.9 cm³/mol. The molecule has 2 aromatic rings. The first-order valence-electron chi connectivity index (χ1n) is 6.03. The zero-order valence-corrected chi connectivity index (χ0v) is 11.0. The molecule has 0 unspecified atom stereocenters. The summed E-state index contributed by atoms with van der Waals surface area (Å²) in [4.78, 5) is 11.9. The third-order valence-corrected chi connectivity index (χ3v) is 2.71. The molecule has 0 atom stereocenters. The van der Waals surface area contributed by atoms with Crippen LogP contribution in [-0.4, -0.2) is 19.2 Å². The van der Waals surface area contributed by atoms with Crippen molar-refractivity contribution in [2.45, 2.75) is 0 Å². The van der Waals surface area contributed by atoms with Crippen molar-refractivity contribution in [1.29, 1.82) is 0 Å². The van der Waals surface area contributed by atoms with Gasteiger partial charge >= 0.3 is 0 Å². The van der Waals surface area contributed by atoms with E-state index in [0.29, 0.717) is 17.0 Å². The van der Waals surface area contributed by atoms with Gasteiger partial charge in [0.05, 0.1) is 18.9 Å². The highest BCUT2D eigenvalue weighted by Gasteiger charge is 2.07. The Morgan fingerprint density at radius 2 is 1.90 bits per heavy atom. The average Bonchev–Trinajstić information content (AvgIpc) is 2.48. The molecule has 0 fully saturated rings. The monoisotopic (exact) mass is 269 g/mol. The van der Waals surface area contributed by atoms with Crippen molar-refractivity contribution in [3.05, 3.63) is 59.7 Å². The number of nitrogen functional groups attached to an aromatic ring is 1. The van der Waals surface area contributed by atoms with Crippen LogP contribution in [0.3, 0.4) is 0 Å². The third kappa shape index (κ3) is 3.14. The van der Waals surface area contributed by atoms with Crippen molar-refractivity contribution in [1.82, 2.24) is 5.43 Å². The van der Waals surface area contributed by atoms with Gasteiger partial charge in [0, 0.05) is 11.3 Å². The zero-order chi connectivity index (χ0) is 14.4. The van der Waals surface area contributed by atoms with Crippen LogP contribution in [0, 0.1) is 0 Å². The van der Waals surface area contributed by atoms with Crippen LogP contribution in [0.5, 0.6) is 5.75 Å². The summed E-state index contributed by atoms with van der Waals surface area (Å²) in [5.74, 6) is 0.332. The molecule has 2 rings (SSSR count). The van der Waals surface area contributed by atoms with E-state index in [1.54, 1.807) is 31.4 Å². The van der Waals surface area contributed by atoms with Crippen LogP contribution >= 0.6 is 0 Å². The number of hydrogen-bond acceptors (Lipinski definition) is 4. The van der Waals surface area contributed by atoms with Crippen LogP contribution in [0.25, 0.3) is 0 Å². The molecule has 1 amide bonds. The van der Waals surface area contributed by atoms with Gasteiger partial charge in [0.2, 0.25) is 0 Å². The van der Waals surface area contributed by atoms with Gasteiger partial charge in [-0.05, 0) is 24.3 Å². The summed E-state index contributed by atoms with van der Waals surface area (Å²) in [6.07, 6.45) is 1.52. The predicted octanol–water partition coefficient (Wildman–Crippen LogP) is 2.04. The van der Waals surface area contributed by atoms with E-state index in [0.717, 1.165) is 5.56 Å². The number of ether oxygens (including phenoxy) is 1. The van der Waals surface area contributed by atoms with Crippen molar-refractivity contribution in [2.75, 3.05) is 12.8 Å². The molecule has 0 aliphatic rings. The summed E-state index contributed by atoms with van der Waals surface area (Å²) < 4.78 is 5.18. The second-order valence-electron chi connectivity index (χ2n) is 4.03. The molecule has 102 valence electrons. The van der Waals surface area contributed by atoms with Gasteiger partial charge in [0.15, 0.2) is 0 Å². The maximum atomic E-state index is 11.9. The Kier molecular flexibility index (Phi) is 4.34. The normalized spacial score (nSPS) is 10.4. The van der Waals surface area contributed by atoms with Crippen molar-refractivity contribution in [3.63, 3.8) is 0 Å². The smallest absolute Gasteiger partial charge is 0.273 e. The standard InChI is InChI=1S/C15H15N3O2/c1-20-14-9-5-2-6-11(14)10-17-18-15(19)12-7-3-4-8-13(12)16/h2-10H,16H2,1H3,(H,18,19). The molecule has 5 nitrogen and oxygen atoms in total. The minimum absolute atomic E-state index is 0.353. The molecule has 0 aromatic heterocycles. The van der Waals surface area contributed by atoms with E-state index in [2.05, 4.69) is 10.5 Å². The lowest BCUT2D eigenvalue weighted by Crippen LogP contribution is -2.19. The molecule has 20 heavy (non-hydrogen) atoms. The number of nitrogens with two attached hydrogens (primary N) is 1. The van der Waals surface area contributed by atoms with Crippen molar-refractivity contribution >= 4 is 17.8 Å². The van der Waals surface area contributed by atoms with Gasteiger partial charge in [-0.1, -0.05) is 24.3 Å². The van der Waals surface area contributed by atoms with Gasteiger partial charge in [0.1, 0.15) is 5.75 Å². The van der Waals surface area contributed by atoms with Gasteiger partial charge in [-0.3, -0.25) is 4.79 Å². The Labute approximate surface area is 117 Å². The molecule has 3 N–H and O–H groups in total. The van der Waals surface area contributed by atoms with Crippen LogP contribution < -0.4 is 15.9 Å². The lowest BCUT2D eigenvalue weighted by atomic mass is 10.2. The van der Waals surface area contributed by atoms with E-state index >= 15 is 0 Å². The van der Waals surface area contributed by atoms with Crippen molar-refractivity contribution in [3.8, 4) is 5.75 Å². The first-order valence-corrected chi connectivity index (χ1v) is 6.03. The summed E-state index contributed by atoms with van der Waals surface area (Å²) in [5, 5.41) is 3.91. The number of rotatable bonds is 4. The summed E-state index contributed by atoms with van der Waals surface area (Å²) in [6.45, 7) is 0. The number of methoxy groups -OCH3 is 1. The Morgan fingerprint density at radius 1 is 1.20 bits per heavy atom. The lowest BCUT2D eigenvalue weighted by Gasteiger charge is -2.04. The van der Waals surface area contributed by atoms with Crippen LogP contribution in [0.1, 0.15) is 15.9 Å². The largest absolute Gasteiger partial charge is 0.496 e. The second kappa shape index (κ2) is 6.38. The van der Waals surface area contributed by atoms with E-state index in [4.69, 9.17) is 10.5 Å². The second-order valence-corrected chi connectivity index (χ2v) is 4.03. The summed E-state index contributed by atoms with van der Waals surface area (Å²) >= 11 is 0. The molecule has 5 heteroatoms. The molecule has 0 heterocycles. The van der Waals surface area contributed by atoms with E-state index in [1.807, 2.05) is 24.3 Å². The molecule has 2 aromatic carbocycles. The molecule has 0 saturated heterocycles. The minimum Gasteiger partial charge on any atom is -0.496 e. The lowest BCUT2D eigenvalue weighted by molar-refractivity contribution is 0.0956. The highest BCUT2D eigenvalue weighted by molar-refractivity contribution is 5.99. The number of carbonyl (C=O) groups excluding carboxylic acids is 1. The van der Waals surface area contributed by atoms with Crippen molar-refractivity contribution in [2.24, 2.45) is 5.10 Å². The number of benzene rings is 2. The van der Waals surface area contributed by atoms with Crippen LogP contribution in [0.2, 0.25) is 0 Å². The minimum atomic E-state index is -0.353. The van der Waals surface area contributed by atoms with Gasteiger partial charge < -0.3 is 10.5 Å². The fraction of sp³-hybridized carbons (Fsp3) is 0.0667. The molecule has 0 aliphatic carbocycles. The molecule has 0 bridgehead atoms. The van der Waals surface area contributed by atoms with Crippen LogP contribution in [-0.2, 0) is 0 Å². The number of para-hydroxylation sites is 2. The molecular formula is C15H15N3O2. The van der Waals surface area contributed by atoms with E-state index in [9.17, 15) is 4.79 Å². The Morgan fingerprint density at radius 3 is 2.65 bits per heavy atom. The number of hydrazone groups is 1. The number of hydrogen-bond donors (Lipinski definition) is 2. The van der Waals surface area contributed by atoms with Crippen LogP contribution in [0.15, 0.2) is 53.6 Å². The topological polar surface area (TPSA) is 76.7 Å². The van der Waals surface area contributed by atoms with E-state index in [1.165, 1.54) is 6.21 Å². The van der Waals surface area contributed by atoms with Gasteiger partial charge in [-0.2, -0.15) is 5.10 Å². The van der Waals surface area contributed by atoms with Gasteiger partial charge in [0.25, 0.3) is 5.91 Å². The molecule has 0 saturated carbocycles. The Balaban J connectivity index is 2.07. The molecule has 0 spiro atoms. The maximum absolute atomic E-state index is 11.9. The van der Waals surface area contributed by atoms with E-state index < -0.39 is 0 Å². The molecular weight excluding hydrogens is 254 g/mol. The molecule has 0 radical (unpaired) electrons. The summed E-state index contributed by atoms with van der Waals surface area (Å²) in [6, 6.07) is 14.2. The average molecular weight is 269 g/mol. The summed E-state index contributed by atoms with van der Waals surface area (Å²) in [5.41, 5.74) is 9.73. The zero-order valence-electron chi connectivity index (χ0n) is 11.0. The summed E-state index contributed by atoms with van der Waals surface area (Å²) in [7, 11) is 1.58. The Bertz CT molecular complexity index is 639. The number of carbonyl (C=O) groups is 1. The fourth-order valence-corrected chi connectivity index (χ4v) is 1.70. The first kappa shape index (κ1) is 13.6. The highest BCUT2D eigenvalue weighted by atomic mass is 16.5.